The molecule has 0 aliphatic carbocycles. The molecule has 2 heteroatoms. The highest BCUT2D eigenvalue weighted by Gasteiger charge is 2.13. The summed E-state index contributed by atoms with van der Waals surface area (Å²) in [5.74, 6) is 1.97. The zero-order valence-corrected chi connectivity index (χ0v) is 11.4. The molecule has 0 fully saturated rings. The SMILES string of the molecule is CCNC(CC)c1ccc(-c2cccc(C)c2)o1. The third-order valence-electron chi connectivity index (χ3n) is 3.13. The Balaban J connectivity index is 2.24. The largest absolute Gasteiger partial charge is 0.459 e. The van der Waals surface area contributed by atoms with Gasteiger partial charge in [-0.25, -0.2) is 0 Å². The molecule has 18 heavy (non-hydrogen) atoms. The Kier molecular flexibility index (Phi) is 4.21. The van der Waals surface area contributed by atoms with Crippen LogP contribution in [0.25, 0.3) is 11.3 Å². The second-order valence-corrected chi connectivity index (χ2v) is 4.59. The Morgan fingerprint density at radius 3 is 2.67 bits per heavy atom. The van der Waals surface area contributed by atoms with Gasteiger partial charge >= 0.3 is 0 Å². The van der Waals surface area contributed by atoms with Crippen LogP contribution in [0.4, 0.5) is 0 Å². The van der Waals surface area contributed by atoms with E-state index in [0.717, 1.165) is 30.0 Å². The number of benzene rings is 1. The first-order valence-electron chi connectivity index (χ1n) is 6.64. The summed E-state index contributed by atoms with van der Waals surface area (Å²) in [5.41, 5.74) is 2.40. The Morgan fingerprint density at radius 2 is 2.00 bits per heavy atom. The zero-order chi connectivity index (χ0) is 13.0. The Labute approximate surface area is 109 Å². The third kappa shape index (κ3) is 2.82. The Morgan fingerprint density at radius 1 is 1.17 bits per heavy atom. The molecule has 0 spiro atoms. The van der Waals surface area contributed by atoms with Gasteiger partial charge in [-0.15, -0.1) is 0 Å². The number of aryl methyl sites for hydroxylation is 1. The molecular formula is C16H21NO. The molecule has 1 heterocycles. The smallest absolute Gasteiger partial charge is 0.134 e. The molecule has 0 radical (unpaired) electrons. The monoisotopic (exact) mass is 243 g/mol. The molecule has 0 aliphatic heterocycles. The van der Waals surface area contributed by atoms with Crippen LogP contribution in [0.3, 0.4) is 0 Å². The molecule has 2 nitrogen and oxygen atoms in total. The summed E-state index contributed by atoms with van der Waals surface area (Å²) in [5, 5.41) is 3.43. The number of furan rings is 1. The zero-order valence-electron chi connectivity index (χ0n) is 11.4. The number of hydrogen-bond donors (Lipinski definition) is 1. The molecule has 0 bridgehead atoms. The van der Waals surface area contributed by atoms with Gasteiger partial charge in [0, 0.05) is 5.56 Å². The van der Waals surface area contributed by atoms with Gasteiger partial charge in [-0.3, -0.25) is 0 Å². The maximum atomic E-state index is 5.97. The van der Waals surface area contributed by atoms with Crippen molar-refractivity contribution in [3.8, 4) is 11.3 Å². The quantitative estimate of drug-likeness (QED) is 0.846. The molecule has 1 unspecified atom stereocenters. The van der Waals surface area contributed by atoms with E-state index < -0.39 is 0 Å². The van der Waals surface area contributed by atoms with Crippen LogP contribution in [-0.2, 0) is 0 Å². The summed E-state index contributed by atoms with van der Waals surface area (Å²) in [6.45, 7) is 7.34. The second-order valence-electron chi connectivity index (χ2n) is 4.59. The summed E-state index contributed by atoms with van der Waals surface area (Å²) in [4.78, 5) is 0. The van der Waals surface area contributed by atoms with Crippen molar-refractivity contribution in [2.75, 3.05) is 6.54 Å². The highest BCUT2D eigenvalue weighted by Crippen LogP contribution is 2.27. The molecule has 1 aromatic heterocycles. The lowest BCUT2D eigenvalue weighted by Crippen LogP contribution is -2.19. The highest BCUT2D eigenvalue weighted by atomic mass is 16.3. The molecule has 0 saturated carbocycles. The van der Waals surface area contributed by atoms with E-state index in [0.29, 0.717) is 6.04 Å². The van der Waals surface area contributed by atoms with Gasteiger partial charge in [0.2, 0.25) is 0 Å². The summed E-state index contributed by atoms with van der Waals surface area (Å²) < 4.78 is 5.97. The van der Waals surface area contributed by atoms with E-state index in [1.54, 1.807) is 0 Å². The lowest BCUT2D eigenvalue weighted by molar-refractivity contribution is 0.417. The second kappa shape index (κ2) is 5.87. The van der Waals surface area contributed by atoms with Crippen molar-refractivity contribution in [3.63, 3.8) is 0 Å². The topological polar surface area (TPSA) is 25.2 Å². The number of rotatable bonds is 5. The van der Waals surface area contributed by atoms with Gasteiger partial charge in [-0.1, -0.05) is 37.6 Å². The van der Waals surface area contributed by atoms with Crippen molar-refractivity contribution in [1.29, 1.82) is 0 Å². The van der Waals surface area contributed by atoms with Gasteiger partial charge in [0.1, 0.15) is 11.5 Å². The molecule has 1 aromatic carbocycles. The normalized spacial score (nSPS) is 12.6. The van der Waals surface area contributed by atoms with E-state index in [1.807, 2.05) is 0 Å². The first-order valence-corrected chi connectivity index (χ1v) is 6.64. The van der Waals surface area contributed by atoms with Crippen molar-refractivity contribution in [2.45, 2.75) is 33.2 Å². The van der Waals surface area contributed by atoms with E-state index in [4.69, 9.17) is 4.42 Å². The van der Waals surface area contributed by atoms with Crippen LogP contribution in [-0.4, -0.2) is 6.54 Å². The minimum atomic E-state index is 0.313. The fraction of sp³-hybridized carbons (Fsp3) is 0.375. The van der Waals surface area contributed by atoms with Crippen LogP contribution in [0.2, 0.25) is 0 Å². The molecule has 1 atom stereocenters. The summed E-state index contributed by atoms with van der Waals surface area (Å²) in [7, 11) is 0. The van der Waals surface area contributed by atoms with E-state index in [-0.39, 0.29) is 0 Å². The van der Waals surface area contributed by atoms with Crippen molar-refractivity contribution in [3.05, 3.63) is 47.7 Å². The van der Waals surface area contributed by atoms with Crippen LogP contribution in [0, 0.1) is 6.92 Å². The van der Waals surface area contributed by atoms with E-state index in [9.17, 15) is 0 Å². The van der Waals surface area contributed by atoms with Gasteiger partial charge in [0.15, 0.2) is 0 Å². The molecule has 1 N–H and O–H groups in total. The maximum Gasteiger partial charge on any atom is 0.134 e. The Bertz CT molecular complexity index is 501. The fourth-order valence-electron chi connectivity index (χ4n) is 2.19. The summed E-state index contributed by atoms with van der Waals surface area (Å²) in [6.07, 6.45) is 1.04. The summed E-state index contributed by atoms with van der Waals surface area (Å²) in [6, 6.07) is 12.8. The average molecular weight is 243 g/mol. The highest BCUT2D eigenvalue weighted by molar-refractivity contribution is 5.58. The van der Waals surface area contributed by atoms with Crippen molar-refractivity contribution >= 4 is 0 Å². The van der Waals surface area contributed by atoms with Crippen LogP contribution in [0.1, 0.15) is 37.6 Å². The van der Waals surface area contributed by atoms with Gasteiger partial charge in [-0.05, 0) is 38.1 Å². The lowest BCUT2D eigenvalue weighted by Gasteiger charge is -2.12. The third-order valence-corrected chi connectivity index (χ3v) is 3.13. The molecule has 96 valence electrons. The first-order chi connectivity index (χ1) is 8.74. The van der Waals surface area contributed by atoms with Crippen molar-refractivity contribution < 1.29 is 4.42 Å². The van der Waals surface area contributed by atoms with Gasteiger partial charge in [0.25, 0.3) is 0 Å². The molecule has 0 saturated heterocycles. The molecule has 0 aliphatic rings. The van der Waals surface area contributed by atoms with Crippen molar-refractivity contribution in [1.82, 2.24) is 5.32 Å². The minimum Gasteiger partial charge on any atom is -0.459 e. The molecular weight excluding hydrogens is 222 g/mol. The van der Waals surface area contributed by atoms with Gasteiger partial charge in [0.05, 0.1) is 6.04 Å². The van der Waals surface area contributed by atoms with Crippen LogP contribution >= 0.6 is 0 Å². The fourth-order valence-corrected chi connectivity index (χ4v) is 2.19. The van der Waals surface area contributed by atoms with Gasteiger partial charge in [-0.2, -0.15) is 0 Å². The first kappa shape index (κ1) is 12.9. The molecule has 2 aromatic rings. The van der Waals surface area contributed by atoms with Crippen LogP contribution in [0.15, 0.2) is 40.8 Å². The van der Waals surface area contributed by atoms with Crippen LogP contribution < -0.4 is 5.32 Å². The van der Waals surface area contributed by atoms with Crippen LogP contribution in [0.5, 0.6) is 0 Å². The molecule has 0 amide bonds. The van der Waals surface area contributed by atoms with E-state index >= 15 is 0 Å². The van der Waals surface area contributed by atoms with Gasteiger partial charge < -0.3 is 9.73 Å². The van der Waals surface area contributed by atoms with Crippen molar-refractivity contribution in [2.24, 2.45) is 0 Å². The Hall–Kier alpha value is -1.54. The predicted octanol–water partition coefficient (Wildman–Crippen LogP) is 4.32. The average Bonchev–Trinajstić information content (AvgIpc) is 2.85. The van der Waals surface area contributed by atoms with E-state index in [1.165, 1.54) is 5.56 Å². The maximum absolute atomic E-state index is 5.97. The predicted molar refractivity (Wildman–Crippen MR) is 75.6 cm³/mol. The number of hydrogen-bond acceptors (Lipinski definition) is 2. The molecule has 2 rings (SSSR count). The summed E-state index contributed by atoms with van der Waals surface area (Å²) >= 11 is 0. The standard InChI is InChI=1S/C16H21NO/c1-4-14(17-5-2)16-10-9-15(18-16)13-8-6-7-12(3)11-13/h6-11,14,17H,4-5H2,1-3H3. The number of nitrogens with one attached hydrogen (secondary N) is 1. The van der Waals surface area contributed by atoms with E-state index in [2.05, 4.69) is 62.5 Å². The lowest BCUT2D eigenvalue weighted by atomic mass is 10.1. The minimum absolute atomic E-state index is 0.313.